The summed E-state index contributed by atoms with van der Waals surface area (Å²) in [5.74, 6) is 0.131. The average Bonchev–Trinajstić information content (AvgIpc) is 2.87. The second-order valence-corrected chi connectivity index (χ2v) is 9.83. The summed E-state index contributed by atoms with van der Waals surface area (Å²) in [4.78, 5) is 23.4. The van der Waals surface area contributed by atoms with Gasteiger partial charge in [-0.2, -0.15) is 0 Å². The number of fused-ring (bicyclic) bond motifs is 1. The van der Waals surface area contributed by atoms with Crippen LogP contribution in [0.4, 0.5) is 0 Å². The Kier molecular flexibility index (Phi) is 5.21. The van der Waals surface area contributed by atoms with E-state index < -0.39 is 0 Å². The first kappa shape index (κ1) is 20.4. The van der Waals surface area contributed by atoms with Gasteiger partial charge in [-0.3, -0.25) is 4.79 Å². The quantitative estimate of drug-likeness (QED) is 0.759. The van der Waals surface area contributed by atoms with Gasteiger partial charge in [0.15, 0.2) is 0 Å². The van der Waals surface area contributed by atoms with Crippen LogP contribution in [0.1, 0.15) is 67.2 Å². The summed E-state index contributed by atoms with van der Waals surface area (Å²) in [5, 5.41) is 10.7. The highest BCUT2D eigenvalue weighted by atomic mass is 16.5. The van der Waals surface area contributed by atoms with Gasteiger partial charge in [0.1, 0.15) is 12.2 Å². The Hall–Kier alpha value is -1.36. The van der Waals surface area contributed by atoms with Gasteiger partial charge < -0.3 is 14.6 Å². The Morgan fingerprint density at radius 1 is 1.37 bits per heavy atom. The minimum atomic E-state index is -0.353. The number of carbonyl (C=O) groups is 2. The molecular formula is C22H34O5. The van der Waals surface area contributed by atoms with Crippen LogP contribution in [0.25, 0.3) is 0 Å². The maximum Gasteiger partial charge on any atom is 0.331 e. The largest absolute Gasteiger partial charge is 0.462 e. The first-order valence-corrected chi connectivity index (χ1v) is 10.2. The zero-order valence-corrected chi connectivity index (χ0v) is 17.5. The number of hydrogen-bond acceptors (Lipinski definition) is 5. The number of aliphatic hydroxyl groups excluding tert-OH is 1. The maximum atomic E-state index is 11.7. The van der Waals surface area contributed by atoms with Crippen LogP contribution in [-0.2, 0) is 19.1 Å². The van der Waals surface area contributed by atoms with E-state index >= 15 is 0 Å². The van der Waals surface area contributed by atoms with Gasteiger partial charge in [-0.25, -0.2) is 4.79 Å². The molecule has 0 spiro atoms. The third-order valence-electron chi connectivity index (χ3n) is 7.94. The molecule has 7 atom stereocenters. The standard InChI is InChI=1S/C22H34O5/c1-12-9-20(25)27-16(12)10-15-13(2)17(26-14(3)23)11-18-21(4,5)19(24)7-8-22(15,18)6/h9,13,15-19,24H,7-8,10-11H2,1-6H3/t13-,15-,16-,17+,18-,19+,22+/m0/s1. The molecule has 5 nitrogen and oxygen atoms in total. The minimum absolute atomic E-state index is 0.00801. The smallest absolute Gasteiger partial charge is 0.331 e. The van der Waals surface area contributed by atoms with Crippen molar-refractivity contribution in [1.82, 2.24) is 0 Å². The van der Waals surface area contributed by atoms with Crippen LogP contribution >= 0.6 is 0 Å². The molecule has 1 aliphatic heterocycles. The molecule has 1 heterocycles. The summed E-state index contributed by atoms with van der Waals surface area (Å²) in [6.45, 7) is 12.2. The van der Waals surface area contributed by atoms with Crippen LogP contribution in [0.15, 0.2) is 11.6 Å². The lowest BCUT2D eigenvalue weighted by atomic mass is 9.44. The van der Waals surface area contributed by atoms with Crippen molar-refractivity contribution in [3.63, 3.8) is 0 Å². The highest BCUT2D eigenvalue weighted by Gasteiger charge is 2.59. The summed E-state index contributed by atoms with van der Waals surface area (Å²) in [7, 11) is 0. The summed E-state index contributed by atoms with van der Waals surface area (Å²) in [6.07, 6.45) is 4.09. The molecule has 1 N–H and O–H groups in total. The molecular weight excluding hydrogens is 344 g/mol. The Balaban J connectivity index is 1.95. The molecule has 0 bridgehead atoms. The minimum Gasteiger partial charge on any atom is -0.462 e. The second kappa shape index (κ2) is 6.91. The van der Waals surface area contributed by atoms with Crippen molar-refractivity contribution in [2.75, 3.05) is 0 Å². The Morgan fingerprint density at radius 2 is 2.04 bits per heavy atom. The third kappa shape index (κ3) is 3.43. The molecule has 0 unspecified atom stereocenters. The molecule has 27 heavy (non-hydrogen) atoms. The van der Waals surface area contributed by atoms with Crippen molar-refractivity contribution in [2.24, 2.45) is 28.6 Å². The average molecular weight is 379 g/mol. The number of ether oxygens (including phenoxy) is 2. The van der Waals surface area contributed by atoms with Crippen LogP contribution in [-0.4, -0.2) is 35.4 Å². The van der Waals surface area contributed by atoms with Gasteiger partial charge in [0.05, 0.1) is 6.10 Å². The van der Waals surface area contributed by atoms with E-state index in [4.69, 9.17) is 9.47 Å². The SMILES string of the molecule is CC(=O)O[C@@H]1C[C@H]2C(C)(C)[C@H](O)CC[C@]2(C)[C@@H](C[C@@H]2OC(=O)C=C2C)[C@@H]1C. The first-order valence-electron chi connectivity index (χ1n) is 10.2. The van der Waals surface area contributed by atoms with Gasteiger partial charge in [0.2, 0.25) is 0 Å². The molecule has 0 aromatic rings. The molecule has 0 amide bonds. The van der Waals surface area contributed by atoms with Crippen LogP contribution in [0.5, 0.6) is 0 Å². The Labute approximate surface area is 162 Å². The molecule has 0 aromatic heterocycles. The molecule has 2 fully saturated rings. The van der Waals surface area contributed by atoms with E-state index in [2.05, 4.69) is 27.7 Å². The highest BCUT2D eigenvalue weighted by Crippen LogP contribution is 2.62. The van der Waals surface area contributed by atoms with Gasteiger partial charge in [-0.15, -0.1) is 0 Å². The summed E-state index contributed by atoms with van der Waals surface area (Å²) in [5.41, 5.74) is 0.729. The van der Waals surface area contributed by atoms with E-state index in [-0.39, 0.29) is 58.8 Å². The van der Waals surface area contributed by atoms with Crippen molar-refractivity contribution in [3.8, 4) is 0 Å². The fraction of sp³-hybridized carbons (Fsp3) is 0.818. The Bertz CT molecular complexity index is 651. The number of carbonyl (C=O) groups excluding carboxylic acids is 2. The normalized spacial score (nSPS) is 43.5. The van der Waals surface area contributed by atoms with Gasteiger partial charge in [0, 0.05) is 13.0 Å². The van der Waals surface area contributed by atoms with Crippen LogP contribution < -0.4 is 0 Å². The molecule has 0 aromatic carbocycles. The monoisotopic (exact) mass is 378 g/mol. The van der Waals surface area contributed by atoms with E-state index in [0.717, 1.165) is 31.3 Å². The molecule has 3 rings (SSSR count). The van der Waals surface area contributed by atoms with Crippen molar-refractivity contribution < 1.29 is 24.2 Å². The fourth-order valence-electron chi connectivity index (χ4n) is 6.26. The van der Waals surface area contributed by atoms with Crippen molar-refractivity contribution in [2.45, 2.75) is 85.5 Å². The summed E-state index contributed by atoms with van der Waals surface area (Å²) in [6, 6.07) is 0. The van der Waals surface area contributed by atoms with Gasteiger partial charge >= 0.3 is 11.9 Å². The van der Waals surface area contributed by atoms with Gasteiger partial charge in [-0.1, -0.05) is 27.7 Å². The predicted octanol–water partition coefficient (Wildman–Crippen LogP) is 3.64. The summed E-state index contributed by atoms with van der Waals surface area (Å²) < 4.78 is 11.3. The molecule has 152 valence electrons. The van der Waals surface area contributed by atoms with E-state index in [1.165, 1.54) is 6.92 Å². The van der Waals surface area contributed by atoms with E-state index in [1.54, 1.807) is 6.08 Å². The van der Waals surface area contributed by atoms with E-state index in [1.807, 2.05) is 6.92 Å². The lowest BCUT2D eigenvalue weighted by Gasteiger charge is -2.62. The lowest BCUT2D eigenvalue weighted by molar-refractivity contribution is -0.195. The molecule has 2 aliphatic carbocycles. The van der Waals surface area contributed by atoms with Crippen molar-refractivity contribution >= 4 is 11.9 Å². The number of cyclic esters (lactones) is 1. The number of esters is 2. The van der Waals surface area contributed by atoms with E-state index in [0.29, 0.717) is 0 Å². The lowest BCUT2D eigenvalue weighted by Crippen LogP contribution is -2.59. The van der Waals surface area contributed by atoms with Gasteiger partial charge in [-0.05, 0) is 66.8 Å². The molecule has 5 heteroatoms. The molecule has 3 aliphatic rings. The zero-order valence-electron chi connectivity index (χ0n) is 17.5. The number of rotatable bonds is 3. The highest BCUT2D eigenvalue weighted by molar-refractivity contribution is 5.85. The molecule has 0 saturated heterocycles. The van der Waals surface area contributed by atoms with Crippen LogP contribution in [0.2, 0.25) is 0 Å². The zero-order chi connectivity index (χ0) is 20.1. The molecule has 2 saturated carbocycles. The third-order valence-corrected chi connectivity index (χ3v) is 7.94. The number of hydrogen-bond donors (Lipinski definition) is 1. The van der Waals surface area contributed by atoms with Crippen LogP contribution in [0, 0.1) is 28.6 Å². The van der Waals surface area contributed by atoms with Crippen molar-refractivity contribution in [1.29, 1.82) is 0 Å². The first-order chi connectivity index (χ1) is 12.5. The van der Waals surface area contributed by atoms with E-state index in [9.17, 15) is 14.7 Å². The topological polar surface area (TPSA) is 72.8 Å². The van der Waals surface area contributed by atoms with Gasteiger partial charge in [0.25, 0.3) is 0 Å². The Morgan fingerprint density at radius 3 is 2.59 bits per heavy atom. The number of aliphatic hydroxyl groups is 1. The van der Waals surface area contributed by atoms with Crippen LogP contribution in [0.3, 0.4) is 0 Å². The molecule has 0 radical (unpaired) electrons. The summed E-state index contributed by atoms with van der Waals surface area (Å²) >= 11 is 0. The predicted molar refractivity (Wildman–Crippen MR) is 102 cm³/mol. The fourth-order valence-corrected chi connectivity index (χ4v) is 6.26. The van der Waals surface area contributed by atoms with Crippen molar-refractivity contribution in [3.05, 3.63) is 11.6 Å². The second-order valence-electron chi connectivity index (χ2n) is 9.83. The maximum absolute atomic E-state index is 11.7.